The molecule has 2 rings (SSSR count). The van der Waals surface area contributed by atoms with E-state index in [0.29, 0.717) is 10.9 Å². The van der Waals surface area contributed by atoms with E-state index in [1.54, 1.807) is 0 Å². The van der Waals surface area contributed by atoms with Gasteiger partial charge in [0.1, 0.15) is 11.6 Å². The van der Waals surface area contributed by atoms with Gasteiger partial charge < -0.3 is 5.32 Å². The van der Waals surface area contributed by atoms with Gasteiger partial charge in [-0.25, -0.2) is 4.39 Å². The Morgan fingerprint density at radius 3 is 2.67 bits per heavy atom. The van der Waals surface area contributed by atoms with Crippen LogP contribution >= 0.6 is 15.9 Å². The average Bonchev–Trinajstić information content (AvgIpc) is 2.28. The monoisotopic (exact) mass is 313 g/mol. The van der Waals surface area contributed by atoms with Gasteiger partial charge in [0, 0.05) is 16.3 Å². The minimum Gasteiger partial charge on any atom is -0.317 e. The van der Waals surface area contributed by atoms with E-state index in [4.69, 9.17) is 0 Å². The lowest BCUT2D eigenvalue weighted by atomic mass is 9.75. The van der Waals surface area contributed by atoms with Crippen LogP contribution in [-0.4, -0.2) is 18.9 Å². The summed E-state index contributed by atoms with van der Waals surface area (Å²) in [6.45, 7) is 3.79. The molecular formula is C14H17BrFNO. The lowest BCUT2D eigenvalue weighted by molar-refractivity contribution is -0.128. The van der Waals surface area contributed by atoms with Gasteiger partial charge in [0.2, 0.25) is 0 Å². The molecule has 0 saturated carbocycles. The minimum absolute atomic E-state index is 0.210. The van der Waals surface area contributed by atoms with E-state index in [1.165, 1.54) is 12.1 Å². The largest absolute Gasteiger partial charge is 0.317 e. The second-order valence-electron chi connectivity index (χ2n) is 5.19. The van der Waals surface area contributed by atoms with E-state index >= 15 is 0 Å². The highest BCUT2D eigenvalue weighted by Gasteiger charge is 2.33. The van der Waals surface area contributed by atoms with Crippen LogP contribution in [0.5, 0.6) is 0 Å². The molecule has 1 aliphatic rings. The van der Waals surface area contributed by atoms with Gasteiger partial charge in [-0.3, -0.25) is 4.79 Å². The molecule has 0 bridgehead atoms. The number of nitrogens with one attached hydrogen (secondary N) is 1. The SMILES string of the molecule is CC1(C(=O)Cc2cc(F)cc(Br)c2)CCNCC1. The van der Waals surface area contributed by atoms with Crippen LogP contribution in [0, 0.1) is 11.2 Å². The molecule has 1 aliphatic heterocycles. The predicted octanol–water partition coefficient (Wildman–Crippen LogP) is 3.09. The molecule has 1 saturated heterocycles. The zero-order chi connectivity index (χ0) is 13.2. The van der Waals surface area contributed by atoms with Crippen molar-refractivity contribution in [3.05, 3.63) is 34.1 Å². The van der Waals surface area contributed by atoms with Gasteiger partial charge >= 0.3 is 0 Å². The van der Waals surface area contributed by atoms with Crippen molar-refractivity contribution in [2.45, 2.75) is 26.2 Å². The van der Waals surface area contributed by atoms with E-state index in [9.17, 15) is 9.18 Å². The molecule has 1 aromatic carbocycles. The average molecular weight is 314 g/mol. The molecule has 98 valence electrons. The maximum Gasteiger partial charge on any atom is 0.143 e. The van der Waals surface area contributed by atoms with E-state index in [0.717, 1.165) is 31.5 Å². The Morgan fingerprint density at radius 2 is 2.06 bits per heavy atom. The van der Waals surface area contributed by atoms with Crippen LogP contribution in [-0.2, 0) is 11.2 Å². The van der Waals surface area contributed by atoms with Crippen molar-refractivity contribution < 1.29 is 9.18 Å². The molecule has 18 heavy (non-hydrogen) atoms. The summed E-state index contributed by atoms with van der Waals surface area (Å²) >= 11 is 3.25. The molecule has 0 atom stereocenters. The molecule has 0 spiro atoms. The number of Topliss-reactive ketones (excluding diaryl/α,β-unsaturated/α-hetero) is 1. The van der Waals surface area contributed by atoms with Crippen LogP contribution in [0.4, 0.5) is 4.39 Å². The van der Waals surface area contributed by atoms with Crippen molar-refractivity contribution in [3.63, 3.8) is 0 Å². The number of piperidine rings is 1. The molecule has 0 amide bonds. The number of hydrogen-bond donors (Lipinski definition) is 1. The van der Waals surface area contributed by atoms with Crippen molar-refractivity contribution in [3.8, 4) is 0 Å². The molecule has 0 radical (unpaired) electrons. The van der Waals surface area contributed by atoms with Crippen LogP contribution in [0.3, 0.4) is 0 Å². The smallest absolute Gasteiger partial charge is 0.143 e. The third kappa shape index (κ3) is 3.18. The standard InChI is InChI=1S/C14H17BrFNO/c1-14(2-4-17-5-3-14)13(18)8-10-6-11(15)9-12(16)7-10/h6-7,9,17H,2-5,8H2,1H3. The van der Waals surface area contributed by atoms with E-state index < -0.39 is 0 Å². The summed E-state index contributed by atoms with van der Waals surface area (Å²) < 4.78 is 13.9. The summed E-state index contributed by atoms with van der Waals surface area (Å²) in [4.78, 5) is 12.3. The summed E-state index contributed by atoms with van der Waals surface area (Å²) in [7, 11) is 0. The third-order valence-electron chi connectivity index (χ3n) is 3.67. The topological polar surface area (TPSA) is 29.1 Å². The number of halogens is 2. The summed E-state index contributed by atoms with van der Waals surface area (Å²) in [6.07, 6.45) is 2.04. The Morgan fingerprint density at radius 1 is 1.39 bits per heavy atom. The Labute approximate surface area is 115 Å². The molecule has 1 N–H and O–H groups in total. The number of carbonyl (C=O) groups is 1. The number of ketones is 1. The molecule has 1 heterocycles. The van der Waals surface area contributed by atoms with Crippen LogP contribution < -0.4 is 5.32 Å². The van der Waals surface area contributed by atoms with E-state index in [1.807, 2.05) is 13.0 Å². The van der Waals surface area contributed by atoms with Crippen LogP contribution in [0.15, 0.2) is 22.7 Å². The van der Waals surface area contributed by atoms with Gasteiger partial charge in [-0.05, 0) is 49.7 Å². The summed E-state index contributed by atoms with van der Waals surface area (Å²) in [5, 5.41) is 3.26. The lowest BCUT2D eigenvalue weighted by Gasteiger charge is -2.32. The van der Waals surface area contributed by atoms with Crippen LogP contribution in [0.25, 0.3) is 0 Å². The fourth-order valence-electron chi connectivity index (χ4n) is 2.37. The number of benzene rings is 1. The molecular weight excluding hydrogens is 297 g/mol. The maximum absolute atomic E-state index is 13.3. The fourth-order valence-corrected chi connectivity index (χ4v) is 2.88. The van der Waals surface area contributed by atoms with Crippen LogP contribution in [0.1, 0.15) is 25.3 Å². The van der Waals surface area contributed by atoms with Crippen molar-refractivity contribution >= 4 is 21.7 Å². The summed E-state index contributed by atoms with van der Waals surface area (Å²) in [5.74, 6) is -0.0934. The Bertz CT molecular complexity index is 435. The number of hydrogen-bond acceptors (Lipinski definition) is 2. The van der Waals surface area contributed by atoms with Crippen LogP contribution in [0.2, 0.25) is 0 Å². The van der Waals surface area contributed by atoms with Crippen molar-refractivity contribution in [1.82, 2.24) is 5.32 Å². The van der Waals surface area contributed by atoms with E-state index in [-0.39, 0.29) is 17.0 Å². The molecule has 4 heteroatoms. The number of rotatable bonds is 3. The summed E-state index contributed by atoms with van der Waals surface area (Å²) in [6, 6.07) is 4.65. The second-order valence-corrected chi connectivity index (χ2v) is 6.10. The molecule has 2 nitrogen and oxygen atoms in total. The van der Waals surface area contributed by atoms with Crippen molar-refractivity contribution in [1.29, 1.82) is 0 Å². The normalized spacial score (nSPS) is 18.6. The Hall–Kier alpha value is -0.740. The quantitative estimate of drug-likeness (QED) is 0.929. The van der Waals surface area contributed by atoms with E-state index in [2.05, 4.69) is 21.2 Å². The number of carbonyl (C=O) groups excluding carboxylic acids is 1. The first kappa shape index (κ1) is 13.7. The van der Waals surface area contributed by atoms with Gasteiger partial charge in [-0.2, -0.15) is 0 Å². The van der Waals surface area contributed by atoms with Crippen molar-refractivity contribution in [2.75, 3.05) is 13.1 Å². The van der Waals surface area contributed by atoms with Gasteiger partial charge in [-0.1, -0.05) is 22.9 Å². The van der Waals surface area contributed by atoms with Gasteiger partial charge in [0.05, 0.1) is 0 Å². The Kier molecular flexibility index (Phi) is 4.17. The van der Waals surface area contributed by atoms with Gasteiger partial charge in [0.15, 0.2) is 0 Å². The molecule has 1 fully saturated rings. The third-order valence-corrected chi connectivity index (χ3v) is 4.13. The Balaban J connectivity index is 2.10. The first-order chi connectivity index (χ1) is 8.49. The predicted molar refractivity (Wildman–Crippen MR) is 73.0 cm³/mol. The highest BCUT2D eigenvalue weighted by molar-refractivity contribution is 9.10. The fraction of sp³-hybridized carbons (Fsp3) is 0.500. The highest BCUT2D eigenvalue weighted by Crippen LogP contribution is 2.30. The molecule has 1 aromatic rings. The van der Waals surface area contributed by atoms with Crippen molar-refractivity contribution in [2.24, 2.45) is 5.41 Å². The minimum atomic E-state index is -0.303. The zero-order valence-corrected chi connectivity index (χ0v) is 12.0. The molecule has 0 aromatic heterocycles. The highest BCUT2D eigenvalue weighted by atomic mass is 79.9. The first-order valence-electron chi connectivity index (χ1n) is 6.19. The molecule has 0 aliphatic carbocycles. The summed E-state index contributed by atoms with van der Waals surface area (Å²) in [5.41, 5.74) is 0.482. The first-order valence-corrected chi connectivity index (χ1v) is 6.98. The maximum atomic E-state index is 13.3. The lowest BCUT2D eigenvalue weighted by Crippen LogP contribution is -2.40. The second kappa shape index (κ2) is 5.49. The van der Waals surface area contributed by atoms with Gasteiger partial charge in [0.25, 0.3) is 0 Å². The zero-order valence-electron chi connectivity index (χ0n) is 10.4. The molecule has 0 unspecified atom stereocenters. The van der Waals surface area contributed by atoms with Gasteiger partial charge in [-0.15, -0.1) is 0 Å².